The molecule has 0 bridgehead atoms. The predicted octanol–water partition coefficient (Wildman–Crippen LogP) is 3.55. The van der Waals surface area contributed by atoms with Crippen molar-refractivity contribution in [3.63, 3.8) is 0 Å². The SMILES string of the molecule is c1ccc2[nH]c(CNc3cc(Nc4ccc(N5CCOCC5)cc4)ncn3)nc2c1. The third-order valence-electron chi connectivity index (χ3n) is 5.06. The number of rotatable bonds is 6. The minimum atomic E-state index is 0.555. The van der Waals surface area contributed by atoms with Crippen LogP contribution in [0.5, 0.6) is 0 Å². The van der Waals surface area contributed by atoms with Gasteiger partial charge < -0.3 is 25.3 Å². The first kappa shape index (κ1) is 18.4. The molecular weight excluding hydrogens is 378 g/mol. The van der Waals surface area contributed by atoms with E-state index in [9.17, 15) is 0 Å². The van der Waals surface area contributed by atoms with Crippen LogP contribution >= 0.6 is 0 Å². The number of aromatic nitrogens is 4. The number of para-hydroxylation sites is 2. The molecule has 4 aromatic rings. The molecule has 0 saturated carbocycles. The molecule has 2 aromatic heterocycles. The molecule has 0 amide bonds. The van der Waals surface area contributed by atoms with Crippen LogP contribution in [0, 0.1) is 0 Å². The van der Waals surface area contributed by atoms with Crippen LogP contribution in [0.3, 0.4) is 0 Å². The number of aromatic amines is 1. The lowest BCUT2D eigenvalue weighted by atomic mass is 10.2. The van der Waals surface area contributed by atoms with E-state index in [1.165, 1.54) is 5.69 Å². The Morgan fingerprint density at radius 1 is 0.967 bits per heavy atom. The van der Waals surface area contributed by atoms with Gasteiger partial charge >= 0.3 is 0 Å². The molecule has 0 radical (unpaired) electrons. The van der Waals surface area contributed by atoms with Gasteiger partial charge in [0.25, 0.3) is 0 Å². The van der Waals surface area contributed by atoms with Crippen LogP contribution < -0.4 is 15.5 Å². The number of ether oxygens (including phenoxy) is 1. The van der Waals surface area contributed by atoms with Crippen molar-refractivity contribution in [2.45, 2.75) is 6.54 Å². The summed E-state index contributed by atoms with van der Waals surface area (Å²) >= 11 is 0. The van der Waals surface area contributed by atoms with E-state index in [1.807, 2.05) is 30.3 Å². The van der Waals surface area contributed by atoms with Crippen LogP contribution in [0.25, 0.3) is 11.0 Å². The number of fused-ring (bicyclic) bond motifs is 1. The lowest BCUT2D eigenvalue weighted by Gasteiger charge is -2.28. The average Bonchev–Trinajstić information content (AvgIpc) is 3.22. The van der Waals surface area contributed by atoms with Gasteiger partial charge in [-0.25, -0.2) is 15.0 Å². The average molecular weight is 401 g/mol. The first-order valence-electron chi connectivity index (χ1n) is 10.0. The highest BCUT2D eigenvalue weighted by molar-refractivity contribution is 5.74. The van der Waals surface area contributed by atoms with Crippen molar-refractivity contribution in [3.05, 3.63) is 66.7 Å². The van der Waals surface area contributed by atoms with Gasteiger partial charge in [-0.15, -0.1) is 0 Å². The van der Waals surface area contributed by atoms with E-state index in [0.717, 1.165) is 60.5 Å². The molecule has 8 heteroatoms. The van der Waals surface area contributed by atoms with Gasteiger partial charge in [0.2, 0.25) is 0 Å². The fourth-order valence-corrected chi connectivity index (χ4v) is 3.51. The first-order chi connectivity index (χ1) is 14.8. The highest BCUT2D eigenvalue weighted by Gasteiger charge is 2.11. The Kier molecular flexibility index (Phi) is 5.14. The van der Waals surface area contributed by atoms with E-state index in [2.05, 4.69) is 59.7 Å². The van der Waals surface area contributed by atoms with Crippen molar-refractivity contribution in [2.24, 2.45) is 0 Å². The second kappa shape index (κ2) is 8.38. The van der Waals surface area contributed by atoms with E-state index in [4.69, 9.17) is 4.74 Å². The molecule has 1 fully saturated rings. The summed E-state index contributed by atoms with van der Waals surface area (Å²) in [6, 6.07) is 18.2. The van der Waals surface area contributed by atoms with Crippen molar-refractivity contribution >= 4 is 34.0 Å². The van der Waals surface area contributed by atoms with Gasteiger partial charge in [0, 0.05) is 30.5 Å². The summed E-state index contributed by atoms with van der Waals surface area (Å²) in [4.78, 5) is 18.8. The Morgan fingerprint density at radius 2 is 1.77 bits per heavy atom. The maximum Gasteiger partial charge on any atom is 0.135 e. The van der Waals surface area contributed by atoms with Crippen molar-refractivity contribution in [1.82, 2.24) is 19.9 Å². The molecule has 8 nitrogen and oxygen atoms in total. The largest absolute Gasteiger partial charge is 0.378 e. The van der Waals surface area contributed by atoms with E-state index >= 15 is 0 Å². The van der Waals surface area contributed by atoms with E-state index in [0.29, 0.717) is 6.54 Å². The summed E-state index contributed by atoms with van der Waals surface area (Å²) in [5.74, 6) is 2.33. The van der Waals surface area contributed by atoms with Gasteiger partial charge in [0.1, 0.15) is 23.8 Å². The van der Waals surface area contributed by atoms with Crippen LogP contribution in [0.4, 0.5) is 23.0 Å². The highest BCUT2D eigenvalue weighted by atomic mass is 16.5. The normalized spacial score (nSPS) is 14.1. The van der Waals surface area contributed by atoms with Gasteiger partial charge in [0.15, 0.2) is 0 Å². The second-order valence-corrected chi connectivity index (χ2v) is 7.11. The van der Waals surface area contributed by atoms with Gasteiger partial charge in [-0.2, -0.15) is 0 Å². The molecule has 3 heterocycles. The third-order valence-corrected chi connectivity index (χ3v) is 5.06. The van der Waals surface area contributed by atoms with Gasteiger partial charge in [-0.05, 0) is 36.4 Å². The molecule has 1 saturated heterocycles. The molecule has 3 N–H and O–H groups in total. The van der Waals surface area contributed by atoms with Crippen LogP contribution in [0.1, 0.15) is 5.82 Å². The number of benzene rings is 2. The minimum absolute atomic E-state index is 0.555. The maximum absolute atomic E-state index is 5.42. The Morgan fingerprint density at radius 3 is 2.60 bits per heavy atom. The monoisotopic (exact) mass is 401 g/mol. The third kappa shape index (κ3) is 4.18. The number of imidazole rings is 1. The Labute approximate surface area is 174 Å². The minimum Gasteiger partial charge on any atom is -0.378 e. The summed E-state index contributed by atoms with van der Waals surface area (Å²) < 4.78 is 5.42. The van der Waals surface area contributed by atoms with E-state index in [-0.39, 0.29) is 0 Å². The Balaban J connectivity index is 1.22. The van der Waals surface area contributed by atoms with E-state index in [1.54, 1.807) is 6.33 Å². The molecule has 0 aliphatic carbocycles. The second-order valence-electron chi connectivity index (χ2n) is 7.11. The van der Waals surface area contributed by atoms with Gasteiger partial charge in [-0.3, -0.25) is 0 Å². The lowest BCUT2D eigenvalue weighted by molar-refractivity contribution is 0.122. The maximum atomic E-state index is 5.42. The molecule has 1 aliphatic heterocycles. The van der Waals surface area contributed by atoms with E-state index < -0.39 is 0 Å². The molecule has 1 aliphatic rings. The number of nitrogens with one attached hydrogen (secondary N) is 3. The fourth-order valence-electron chi connectivity index (χ4n) is 3.51. The molecule has 0 unspecified atom stereocenters. The molecule has 0 spiro atoms. The number of hydrogen-bond acceptors (Lipinski definition) is 7. The summed E-state index contributed by atoms with van der Waals surface area (Å²) in [5.41, 5.74) is 4.17. The zero-order valence-electron chi connectivity index (χ0n) is 16.5. The van der Waals surface area contributed by atoms with Crippen LogP contribution in [0.15, 0.2) is 60.9 Å². The smallest absolute Gasteiger partial charge is 0.135 e. The quantitative estimate of drug-likeness (QED) is 0.455. The molecule has 5 rings (SSSR count). The number of nitrogens with zero attached hydrogens (tertiary/aromatic N) is 4. The molecular formula is C22H23N7O. The summed E-state index contributed by atoms with van der Waals surface area (Å²) in [5, 5.41) is 6.63. The van der Waals surface area contributed by atoms with Crippen molar-refractivity contribution in [2.75, 3.05) is 41.8 Å². The number of anilines is 4. The summed E-state index contributed by atoms with van der Waals surface area (Å²) in [7, 11) is 0. The van der Waals surface area contributed by atoms with Crippen molar-refractivity contribution in [3.8, 4) is 0 Å². The summed E-state index contributed by atoms with van der Waals surface area (Å²) in [6.07, 6.45) is 1.55. The highest BCUT2D eigenvalue weighted by Crippen LogP contribution is 2.22. The molecule has 0 atom stereocenters. The zero-order valence-corrected chi connectivity index (χ0v) is 16.5. The molecule has 2 aromatic carbocycles. The van der Waals surface area contributed by atoms with Crippen LogP contribution in [-0.4, -0.2) is 46.2 Å². The van der Waals surface area contributed by atoms with Gasteiger partial charge in [0.05, 0.1) is 30.8 Å². The number of morpholine rings is 1. The van der Waals surface area contributed by atoms with Crippen molar-refractivity contribution in [1.29, 1.82) is 0 Å². The zero-order chi connectivity index (χ0) is 20.2. The topological polar surface area (TPSA) is 91.0 Å². The lowest BCUT2D eigenvalue weighted by Crippen LogP contribution is -2.36. The van der Waals surface area contributed by atoms with Crippen LogP contribution in [0.2, 0.25) is 0 Å². The Hall–Kier alpha value is -3.65. The predicted molar refractivity (Wildman–Crippen MR) is 118 cm³/mol. The molecule has 30 heavy (non-hydrogen) atoms. The first-order valence-corrected chi connectivity index (χ1v) is 10.0. The van der Waals surface area contributed by atoms with Gasteiger partial charge in [-0.1, -0.05) is 12.1 Å². The fraction of sp³-hybridized carbons (Fsp3) is 0.227. The summed E-state index contributed by atoms with van der Waals surface area (Å²) in [6.45, 7) is 3.98. The number of H-pyrrole nitrogens is 1. The standard InChI is InChI=1S/C22H23N7O/c1-2-4-19-18(3-1)27-22(28-19)14-23-20-13-21(25-15-24-20)26-16-5-7-17(8-6-16)29-9-11-30-12-10-29/h1-8,13,15H,9-12,14H2,(H,27,28)(H2,23,24,25,26). The van der Waals surface area contributed by atoms with Crippen LogP contribution in [-0.2, 0) is 11.3 Å². The number of hydrogen-bond donors (Lipinski definition) is 3. The Bertz CT molecular complexity index is 1090. The van der Waals surface area contributed by atoms with Crippen molar-refractivity contribution < 1.29 is 4.74 Å². The molecule has 152 valence electrons.